The van der Waals surface area contributed by atoms with Gasteiger partial charge in [-0.3, -0.25) is 9.59 Å². The highest BCUT2D eigenvalue weighted by atomic mass is 35.5. The maximum absolute atomic E-state index is 12.9. The molecule has 1 saturated heterocycles. The van der Waals surface area contributed by atoms with Gasteiger partial charge in [0.25, 0.3) is 5.91 Å². The third-order valence-electron chi connectivity index (χ3n) is 4.84. The second-order valence-corrected chi connectivity index (χ2v) is 9.51. The van der Waals surface area contributed by atoms with Crippen molar-refractivity contribution in [1.29, 1.82) is 0 Å². The maximum Gasteiger partial charge on any atom is 0.255 e. The van der Waals surface area contributed by atoms with Crippen molar-refractivity contribution in [3.63, 3.8) is 0 Å². The summed E-state index contributed by atoms with van der Waals surface area (Å²) in [6.07, 6.45) is -0.0304. The van der Waals surface area contributed by atoms with E-state index in [-0.39, 0.29) is 34.7 Å². The largest absolute Gasteiger partial charge is 0.339 e. The van der Waals surface area contributed by atoms with E-state index in [0.29, 0.717) is 36.8 Å². The van der Waals surface area contributed by atoms with Crippen molar-refractivity contribution in [3.05, 3.63) is 63.9 Å². The number of sulfonamides is 1. The van der Waals surface area contributed by atoms with Crippen molar-refractivity contribution in [1.82, 2.24) is 14.5 Å². The standard InChI is InChI=1S/C20H20Cl2FN3O4S/c21-14-1-6-17(18(22)13-14)20(28)26-11-9-25(10-12-26)19(27)7-8-24-31(29,30)16-4-2-15(23)3-5-16/h1-6,13,24H,7-12H2. The fraction of sp³-hybridized carbons (Fsp3) is 0.300. The second-order valence-electron chi connectivity index (χ2n) is 6.90. The molecular weight excluding hydrogens is 468 g/mol. The van der Waals surface area contributed by atoms with E-state index in [9.17, 15) is 22.4 Å². The number of nitrogens with zero attached hydrogens (tertiary/aromatic N) is 2. The third kappa shape index (κ3) is 5.94. The van der Waals surface area contributed by atoms with E-state index in [2.05, 4.69) is 4.72 Å². The molecule has 7 nitrogen and oxygen atoms in total. The highest BCUT2D eigenvalue weighted by molar-refractivity contribution is 7.89. The number of amides is 2. The first kappa shape index (κ1) is 23.5. The molecule has 166 valence electrons. The molecule has 1 fully saturated rings. The zero-order valence-electron chi connectivity index (χ0n) is 16.4. The predicted molar refractivity (Wildman–Crippen MR) is 115 cm³/mol. The van der Waals surface area contributed by atoms with Crippen LogP contribution in [0.3, 0.4) is 0 Å². The number of rotatable bonds is 6. The van der Waals surface area contributed by atoms with Crippen molar-refractivity contribution < 1.29 is 22.4 Å². The number of hydrogen-bond acceptors (Lipinski definition) is 4. The van der Waals surface area contributed by atoms with Crippen LogP contribution in [0.25, 0.3) is 0 Å². The molecule has 1 N–H and O–H groups in total. The minimum atomic E-state index is -3.82. The van der Waals surface area contributed by atoms with Gasteiger partial charge in [0.2, 0.25) is 15.9 Å². The molecule has 3 rings (SSSR count). The molecule has 2 aromatic rings. The van der Waals surface area contributed by atoms with Gasteiger partial charge < -0.3 is 9.80 Å². The third-order valence-corrected chi connectivity index (χ3v) is 6.86. The molecule has 0 spiro atoms. The van der Waals surface area contributed by atoms with Crippen molar-refractivity contribution in [2.45, 2.75) is 11.3 Å². The lowest BCUT2D eigenvalue weighted by atomic mass is 10.1. The van der Waals surface area contributed by atoms with Gasteiger partial charge in [-0.25, -0.2) is 17.5 Å². The van der Waals surface area contributed by atoms with E-state index >= 15 is 0 Å². The van der Waals surface area contributed by atoms with Crippen molar-refractivity contribution >= 4 is 45.0 Å². The van der Waals surface area contributed by atoms with Crippen LogP contribution >= 0.6 is 23.2 Å². The van der Waals surface area contributed by atoms with E-state index in [0.717, 1.165) is 24.3 Å². The lowest BCUT2D eigenvalue weighted by Crippen LogP contribution is -2.51. The number of piperazine rings is 1. The fourth-order valence-corrected chi connectivity index (χ4v) is 4.66. The first-order valence-corrected chi connectivity index (χ1v) is 11.7. The quantitative estimate of drug-likeness (QED) is 0.678. The van der Waals surface area contributed by atoms with Crippen LogP contribution in [-0.4, -0.2) is 62.8 Å². The minimum absolute atomic E-state index is 0.0304. The number of carbonyl (C=O) groups excluding carboxylic acids is 2. The van der Waals surface area contributed by atoms with Crippen molar-refractivity contribution in [2.24, 2.45) is 0 Å². The normalized spacial score (nSPS) is 14.5. The predicted octanol–water partition coefficient (Wildman–Crippen LogP) is 2.79. The van der Waals surface area contributed by atoms with Crippen molar-refractivity contribution in [2.75, 3.05) is 32.7 Å². The monoisotopic (exact) mass is 487 g/mol. The Kier molecular flexibility index (Phi) is 7.53. The average molecular weight is 488 g/mol. The maximum atomic E-state index is 12.9. The van der Waals surface area contributed by atoms with E-state index in [4.69, 9.17) is 23.2 Å². The Morgan fingerprint density at radius 2 is 1.58 bits per heavy atom. The number of benzene rings is 2. The molecule has 2 aromatic carbocycles. The average Bonchev–Trinajstić information content (AvgIpc) is 2.73. The smallest absolute Gasteiger partial charge is 0.255 e. The molecule has 1 heterocycles. The topological polar surface area (TPSA) is 86.8 Å². The van der Waals surface area contributed by atoms with Crippen LogP contribution in [0.5, 0.6) is 0 Å². The Balaban J connectivity index is 1.48. The van der Waals surface area contributed by atoms with Crippen LogP contribution in [0.4, 0.5) is 4.39 Å². The van der Waals surface area contributed by atoms with Gasteiger partial charge in [-0.2, -0.15) is 0 Å². The van der Waals surface area contributed by atoms with Gasteiger partial charge in [-0.1, -0.05) is 23.2 Å². The van der Waals surface area contributed by atoms with Gasteiger partial charge in [-0.05, 0) is 42.5 Å². The van der Waals surface area contributed by atoms with Gasteiger partial charge in [0.05, 0.1) is 15.5 Å². The Labute approximate surface area is 189 Å². The first-order chi connectivity index (χ1) is 14.7. The first-order valence-electron chi connectivity index (χ1n) is 9.45. The second kappa shape index (κ2) is 9.95. The highest BCUT2D eigenvalue weighted by Gasteiger charge is 2.26. The molecule has 0 bridgehead atoms. The van der Waals surface area contributed by atoms with Crippen LogP contribution in [-0.2, 0) is 14.8 Å². The van der Waals surface area contributed by atoms with Crippen LogP contribution in [0.1, 0.15) is 16.8 Å². The van der Waals surface area contributed by atoms with Crippen LogP contribution in [0.15, 0.2) is 47.4 Å². The van der Waals surface area contributed by atoms with E-state index in [1.807, 2.05) is 0 Å². The number of carbonyl (C=O) groups is 2. The van der Waals surface area contributed by atoms with Gasteiger partial charge in [0, 0.05) is 44.2 Å². The summed E-state index contributed by atoms with van der Waals surface area (Å²) in [5.74, 6) is -0.996. The Morgan fingerprint density at radius 3 is 2.19 bits per heavy atom. The molecule has 0 radical (unpaired) electrons. The number of nitrogens with one attached hydrogen (secondary N) is 1. The van der Waals surface area contributed by atoms with E-state index < -0.39 is 15.8 Å². The summed E-state index contributed by atoms with van der Waals surface area (Å²) in [6, 6.07) is 9.08. The molecule has 0 unspecified atom stereocenters. The number of hydrogen-bond donors (Lipinski definition) is 1. The highest BCUT2D eigenvalue weighted by Crippen LogP contribution is 2.23. The molecular formula is C20H20Cl2FN3O4S. The summed E-state index contributed by atoms with van der Waals surface area (Å²) in [5.41, 5.74) is 0.348. The minimum Gasteiger partial charge on any atom is -0.339 e. The molecule has 0 saturated carbocycles. The molecule has 0 aromatic heterocycles. The number of halogens is 3. The summed E-state index contributed by atoms with van der Waals surface area (Å²) in [6.45, 7) is 1.26. The fourth-order valence-electron chi connectivity index (χ4n) is 3.14. The summed E-state index contributed by atoms with van der Waals surface area (Å²) < 4.78 is 39.6. The van der Waals surface area contributed by atoms with E-state index in [1.165, 1.54) is 6.07 Å². The van der Waals surface area contributed by atoms with Gasteiger partial charge in [0.15, 0.2) is 0 Å². The van der Waals surface area contributed by atoms with Crippen LogP contribution in [0, 0.1) is 5.82 Å². The molecule has 0 aliphatic carbocycles. The summed E-state index contributed by atoms with van der Waals surface area (Å²) in [7, 11) is -3.82. The Morgan fingerprint density at radius 1 is 0.968 bits per heavy atom. The Bertz CT molecular complexity index is 1070. The van der Waals surface area contributed by atoms with Gasteiger partial charge in [0.1, 0.15) is 5.82 Å². The molecule has 1 aliphatic rings. The molecule has 2 amide bonds. The van der Waals surface area contributed by atoms with Crippen molar-refractivity contribution in [3.8, 4) is 0 Å². The summed E-state index contributed by atoms with van der Waals surface area (Å²) in [4.78, 5) is 28.2. The molecule has 1 aliphatic heterocycles. The Hall–Kier alpha value is -2.20. The van der Waals surface area contributed by atoms with Gasteiger partial charge >= 0.3 is 0 Å². The lowest BCUT2D eigenvalue weighted by Gasteiger charge is -2.35. The van der Waals surface area contributed by atoms with Gasteiger partial charge in [-0.15, -0.1) is 0 Å². The summed E-state index contributed by atoms with van der Waals surface area (Å²) in [5, 5.41) is 0.705. The van der Waals surface area contributed by atoms with E-state index in [1.54, 1.807) is 21.9 Å². The zero-order chi connectivity index (χ0) is 22.6. The van der Waals surface area contributed by atoms with Crippen LogP contribution < -0.4 is 4.72 Å². The zero-order valence-corrected chi connectivity index (χ0v) is 18.7. The molecule has 0 atom stereocenters. The SMILES string of the molecule is O=C(CCNS(=O)(=O)c1ccc(F)cc1)N1CCN(C(=O)c2ccc(Cl)cc2Cl)CC1. The van der Waals surface area contributed by atoms with Crippen LogP contribution in [0.2, 0.25) is 10.0 Å². The molecule has 31 heavy (non-hydrogen) atoms. The summed E-state index contributed by atoms with van der Waals surface area (Å²) >= 11 is 12.0. The molecule has 11 heteroatoms. The lowest BCUT2D eigenvalue weighted by molar-refractivity contribution is -0.132.